The third kappa shape index (κ3) is 5.06. The first kappa shape index (κ1) is 17.9. The van der Waals surface area contributed by atoms with E-state index >= 15 is 0 Å². The lowest BCUT2D eigenvalue weighted by molar-refractivity contribution is -0.105. The van der Waals surface area contributed by atoms with Gasteiger partial charge in [-0.3, -0.25) is 9.98 Å². The monoisotopic (exact) mass is 339 g/mol. The minimum absolute atomic E-state index is 0.380. The van der Waals surface area contributed by atoms with Crippen molar-refractivity contribution in [2.24, 2.45) is 4.99 Å². The lowest BCUT2D eigenvalue weighted by Gasteiger charge is -2.27. The second-order valence-electron chi connectivity index (χ2n) is 5.05. The summed E-state index contributed by atoms with van der Waals surface area (Å²) in [6, 6.07) is 14.1. The summed E-state index contributed by atoms with van der Waals surface area (Å²) >= 11 is 1.42. The van der Waals surface area contributed by atoms with Crippen LogP contribution in [-0.4, -0.2) is 41.4 Å². The molecule has 1 aromatic carbocycles. The molecule has 0 radical (unpaired) electrons. The normalized spacial score (nSPS) is 11.1. The summed E-state index contributed by atoms with van der Waals surface area (Å²) in [6.07, 6.45) is 5.27. The molecule has 0 spiro atoms. The minimum Gasteiger partial charge on any atom is -0.321 e. The van der Waals surface area contributed by atoms with Gasteiger partial charge in [0, 0.05) is 31.5 Å². The standard InChI is InChI=1S/C19H21N3OS/c1-16(24-14-13-23)22(12-10-17-7-4-3-5-8-17)19(20-2)18-9-6-11-21-15-18/h3-9,11,13,15H,1,10,12,14H2,2H3. The first-order valence-electron chi connectivity index (χ1n) is 7.70. The van der Waals surface area contributed by atoms with Crippen molar-refractivity contribution in [1.82, 2.24) is 9.88 Å². The van der Waals surface area contributed by atoms with Crippen molar-refractivity contribution in [2.75, 3.05) is 19.3 Å². The number of hydrogen-bond donors (Lipinski definition) is 0. The number of hydrogen-bond acceptors (Lipinski definition) is 4. The van der Waals surface area contributed by atoms with E-state index < -0.39 is 0 Å². The fourth-order valence-electron chi connectivity index (χ4n) is 2.34. The number of thioether (sulfide) groups is 1. The molecule has 0 amide bonds. The number of nitrogens with zero attached hydrogens (tertiary/aromatic N) is 3. The summed E-state index contributed by atoms with van der Waals surface area (Å²) in [7, 11) is 1.76. The Balaban J connectivity index is 2.21. The van der Waals surface area contributed by atoms with Crippen LogP contribution < -0.4 is 0 Å². The van der Waals surface area contributed by atoms with Crippen LogP contribution in [0.25, 0.3) is 0 Å². The van der Waals surface area contributed by atoms with Gasteiger partial charge in [-0.2, -0.15) is 0 Å². The molecule has 0 bridgehead atoms. The number of aliphatic imine (C=N–C) groups is 1. The van der Waals surface area contributed by atoms with Crippen LogP contribution in [0.15, 0.2) is 71.5 Å². The number of benzene rings is 1. The van der Waals surface area contributed by atoms with Crippen molar-refractivity contribution in [3.05, 3.63) is 77.6 Å². The van der Waals surface area contributed by atoms with E-state index in [0.717, 1.165) is 35.7 Å². The maximum atomic E-state index is 10.7. The number of rotatable bonds is 8. The molecule has 0 saturated carbocycles. The van der Waals surface area contributed by atoms with Crippen molar-refractivity contribution in [2.45, 2.75) is 6.42 Å². The molecule has 24 heavy (non-hydrogen) atoms. The zero-order valence-corrected chi connectivity index (χ0v) is 14.6. The van der Waals surface area contributed by atoms with Crippen LogP contribution in [0.3, 0.4) is 0 Å². The Morgan fingerprint density at radius 1 is 1.29 bits per heavy atom. The molecule has 0 saturated heterocycles. The Labute approximate surface area is 147 Å². The number of amidine groups is 1. The predicted molar refractivity (Wildman–Crippen MR) is 101 cm³/mol. The highest BCUT2D eigenvalue weighted by Gasteiger charge is 2.16. The molecular weight excluding hydrogens is 318 g/mol. The Hall–Kier alpha value is -2.40. The van der Waals surface area contributed by atoms with Crippen LogP contribution in [0.1, 0.15) is 11.1 Å². The molecule has 1 aromatic heterocycles. The zero-order chi connectivity index (χ0) is 17.2. The molecule has 1 heterocycles. The van der Waals surface area contributed by atoms with Gasteiger partial charge in [0.15, 0.2) is 0 Å². The van der Waals surface area contributed by atoms with E-state index in [1.165, 1.54) is 17.3 Å². The van der Waals surface area contributed by atoms with Crippen LogP contribution in [0.2, 0.25) is 0 Å². The van der Waals surface area contributed by atoms with Crippen LogP contribution in [0, 0.1) is 0 Å². The van der Waals surface area contributed by atoms with Crippen molar-refractivity contribution >= 4 is 23.9 Å². The quantitative estimate of drug-likeness (QED) is 0.420. The lowest BCUT2D eigenvalue weighted by atomic mass is 10.1. The number of pyridine rings is 1. The number of aldehydes is 1. The molecule has 0 fully saturated rings. The molecule has 0 aliphatic heterocycles. The molecule has 4 nitrogen and oxygen atoms in total. The highest BCUT2D eigenvalue weighted by Crippen LogP contribution is 2.21. The fourth-order valence-corrected chi connectivity index (χ4v) is 2.94. The third-order valence-electron chi connectivity index (χ3n) is 3.47. The Bertz CT molecular complexity index is 686. The van der Waals surface area contributed by atoms with E-state index in [4.69, 9.17) is 0 Å². The number of carbonyl (C=O) groups excluding carboxylic acids is 1. The molecule has 0 N–H and O–H groups in total. The van der Waals surface area contributed by atoms with Crippen LogP contribution in [-0.2, 0) is 11.2 Å². The van der Waals surface area contributed by atoms with Gasteiger partial charge in [0.05, 0.1) is 10.8 Å². The predicted octanol–water partition coefficient (Wildman–Crippen LogP) is 3.41. The second kappa shape index (κ2) is 9.67. The van der Waals surface area contributed by atoms with Crippen molar-refractivity contribution in [1.29, 1.82) is 0 Å². The van der Waals surface area contributed by atoms with Gasteiger partial charge in [-0.1, -0.05) is 36.9 Å². The fraction of sp³-hybridized carbons (Fsp3) is 0.211. The molecule has 2 rings (SSSR count). The Morgan fingerprint density at radius 2 is 2.08 bits per heavy atom. The maximum absolute atomic E-state index is 10.7. The smallest absolute Gasteiger partial charge is 0.137 e. The van der Waals surface area contributed by atoms with E-state index in [9.17, 15) is 4.79 Å². The van der Waals surface area contributed by atoms with E-state index in [-0.39, 0.29) is 0 Å². The third-order valence-corrected chi connectivity index (χ3v) is 4.33. The molecule has 0 aliphatic carbocycles. The SMILES string of the molecule is C=C(SCC=O)N(CCc1ccccc1)C(=NC)c1cccnc1. The van der Waals surface area contributed by atoms with Gasteiger partial charge in [0.25, 0.3) is 0 Å². The summed E-state index contributed by atoms with van der Waals surface area (Å²) in [5.41, 5.74) is 2.18. The van der Waals surface area contributed by atoms with Crippen molar-refractivity contribution in [3.63, 3.8) is 0 Å². The average Bonchev–Trinajstić information content (AvgIpc) is 2.64. The van der Waals surface area contributed by atoms with E-state index in [2.05, 4.69) is 33.6 Å². The summed E-state index contributed by atoms with van der Waals surface area (Å²) in [4.78, 5) is 21.4. The first-order chi connectivity index (χ1) is 11.8. The van der Waals surface area contributed by atoms with Crippen molar-refractivity contribution < 1.29 is 4.79 Å². The van der Waals surface area contributed by atoms with Gasteiger partial charge < -0.3 is 9.69 Å². The summed E-state index contributed by atoms with van der Waals surface area (Å²) in [5.74, 6) is 1.19. The number of carbonyl (C=O) groups is 1. The largest absolute Gasteiger partial charge is 0.321 e. The second-order valence-corrected chi connectivity index (χ2v) is 6.14. The first-order valence-corrected chi connectivity index (χ1v) is 8.68. The van der Waals surface area contributed by atoms with Crippen LogP contribution >= 0.6 is 11.8 Å². The molecule has 2 aromatic rings. The maximum Gasteiger partial charge on any atom is 0.137 e. The van der Waals surface area contributed by atoms with Gasteiger partial charge >= 0.3 is 0 Å². The van der Waals surface area contributed by atoms with Gasteiger partial charge in [-0.05, 0) is 24.1 Å². The Morgan fingerprint density at radius 3 is 2.71 bits per heavy atom. The molecular formula is C19H21N3OS. The molecule has 0 atom stereocenters. The Kier molecular flexibility index (Phi) is 7.23. The molecule has 5 heteroatoms. The summed E-state index contributed by atoms with van der Waals surface area (Å²) in [5, 5.41) is 0.808. The van der Waals surface area contributed by atoms with Gasteiger partial charge in [0.1, 0.15) is 12.1 Å². The molecule has 0 unspecified atom stereocenters. The summed E-state index contributed by atoms with van der Waals surface area (Å²) in [6.45, 7) is 4.86. The zero-order valence-electron chi connectivity index (χ0n) is 13.8. The van der Waals surface area contributed by atoms with E-state index in [1.807, 2.05) is 30.3 Å². The molecule has 124 valence electrons. The topological polar surface area (TPSA) is 45.6 Å². The highest BCUT2D eigenvalue weighted by molar-refractivity contribution is 8.03. The van der Waals surface area contributed by atoms with Crippen molar-refractivity contribution in [3.8, 4) is 0 Å². The van der Waals surface area contributed by atoms with E-state index in [1.54, 1.807) is 19.4 Å². The van der Waals surface area contributed by atoms with E-state index in [0.29, 0.717) is 5.75 Å². The van der Waals surface area contributed by atoms with Gasteiger partial charge in [-0.25, -0.2) is 0 Å². The van der Waals surface area contributed by atoms with Gasteiger partial charge in [-0.15, -0.1) is 11.8 Å². The minimum atomic E-state index is 0.380. The van der Waals surface area contributed by atoms with Crippen LogP contribution in [0.4, 0.5) is 0 Å². The van der Waals surface area contributed by atoms with Crippen LogP contribution in [0.5, 0.6) is 0 Å². The number of aromatic nitrogens is 1. The average molecular weight is 339 g/mol. The van der Waals surface area contributed by atoms with Gasteiger partial charge in [0.2, 0.25) is 0 Å². The lowest BCUT2D eigenvalue weighted by Crippen LogP contribution is -2.32. The molecule has 0 aliphatic rings. The summed E-state index contributed by atoms with van der Waals surface area (Å²) < 4.78 is 0. The highest BCUT2D eigenvalue weighted by atomic mass is 32.2.